The summed E-state index contributed by atoms with van der Waals surface area (Å²) in [5.41, 5.74) is 1.83. The molecule has 29 heavy (non-hydrogen) atoms. The van der Waals surface area contributed by atoms with Gasteiger partial charge in [0, 0.05) is 5.69 Å². The third-order valence-electron chi connectivity index (χ3n) is 4.23. The quantitative estimate of drug-likeness (QED) is 0.514. The minimum absolute atomic E-state index is 0.00788. The molecule has 3 aromatic rings. The second-order valence-electron chi connectivity index (χ2n) is 6.37. The van der Waals surface area contributed by atoms with Gasteiger partial charge in [-0.3, -0.25) is 4.79 Å². The molecule has 0 atom stereocenters. The number of amides is 1. The highest BCUT2D eigenvalue weighted by Crippen LogP contribution is 2.18. The van der Waals surface area contributed by atoms with E-state index in [0.29, 0.717) is 12.3 Å². The highest BCUT2D eigenvalue weighted by atomic mass is 16.6. The molecule has 3 aromatic carbocycles. The number of hydrogen-bond acceptors (Lipinski definition) is 4. The number of anilines is 1. The molecule has 0 aliphatic carbocycles. The van der Waals surface area contributed by atoms with Crippen LogP contribution in [-0.4, -0.2) is 25.1 Å². The zero-order valence-corrected chi connectivity index (χ0v) is 16.1. The summed E-state index contributed by atoms with van der Waals surface area (Å²) in [7, 11) is 0. The lowest BCUT2D eigenvalue weighted by Crippen LogP contribution is -2.31. The van der Waals surface area contributed by atoms with Gasteiger partial charge in [0.1, 0.15) is 12.4 Å². The zero-order valence-electron chi connectivity index (χ0n) is 16.1. The van der Waals surface area contributed by atoms with E-state index in [0.717, 1.165) is 11.3 Å². The average molecular weight is 389 g/mol. The van der Waals surface area contributed by atoms with E-state index < -0.39 is 5.97 Å². The summed E-state index contributed by atoms with van der Waals surface area (Å²) < 4.78 is 10.5. The Morgan fingerprint density at radius 1 is 0.759 bits per heavy atom. The first-order valence-electron chi connectivity index (χ1n) is 9.45. The summed E-state index contributed by atoms with van der Waals surface area (Å²) in [6.07, 6.45) is 0.0960. The third-order valence-corrected chi connectivity index (χ3v) is 4.23. The smallest absolute Gasteiger partial charge is 0.344 e. The molecular weight excluding hydrogens is 366 g/mol. The van der Waals surface area contributed by atoms with Crippen LogP contribution in [0.15, 0.2) is 91.0 Å². The molecule has 0 fully saturated rings. The molecule has 0 aromatic heterocycles. The molecule has 3 rings (SSSR count). The molecule has 0 aliphatic rings. The molecule has 0 aliphatic heterocycles. The summed E-state index contributed by atoms with van der Waals surface area (Å²) in [5.74, 6) is -0.0218. The van der Waals surface area contributed by atoms with Gasteiger partial charge in [0.2, 0.25) is 5.91 Å². The fourth-order valence-corrected chi connectivity index (χ4v) is 2.79. The SMILES string of the molecule is O=C(COc1ccccc1)OCCC(=O)N(Cc1ccccc1)c1ccccc1. The van der Waals surface area contributed by atoms with Crippen molar-refractivity contribution in [3.8, 4) is 5.75 Å². The highest BCUT2D eigenvalue weighted by Gasteiger charge is 2.17. The fraction of sp³-hybridized carbons (Fsp3) is 0.167. The number of para-hydroxylation sites is 2. The molecule has 0 unspecified atom stereocenters. The topological polar surface area (TPSA) is 55.8 Å². The van der Waals surface area contributed by atoms with Crippen LogP contribution in [0.5, 0.6) is 5.75 Å². The molecule has 0 bridgehead atoms. The van der Waals surface area contributed by atoms with Crippen LogP contribution < -0.4 is 9.64 Å². The van der Waals surface area contributed by atoms with Crippen LogP contribution >= 0.6 is 0 Å². The van der Waals surface area contributed by atoms with Gasteiger partial charge in [0.25, 0.3) is 0 Å². The maximum Gasteiger partial charge on any atom is 0.344 e. The number of ether oxygens (including phenoxy) is 2. The molecule has 0 spiro atoms. The van der Waals surface area contributed by atoms with Crippen molar-refractivity contribution in [2.24, 2.45) is 0 Å². The first kappa shape index (κ1) is 20.1. The number of carbonyl (C=O) groups excluding carboxylic acids is 2. The van der Waals surface area contributed by atoms with Gasteiger partial charge in [-0.05, 0) is 29.8 Å². The molecule has 5 nitrogen and oxygen atoms in total. The van der Waals surface area contributed by atoms with Crippen LogP contribution in [-0.2, 0) is 20.9 Å². The first-order chi connectivity index (χ1) is 14.2. The van der Waals surface area contributed by atoms with Gasteiger partial charge in [-0.1, -0.05) is 66.7 Å². The molecule has 1 amide bonds. The maximum atomic E-state index is 12.8. The van der Waals surface area contributed by atoms with E-state index in [1.54, 1.807) is 17.0 Å². The van der Waals surface area contributed by atoms with E-state index in [1.807, 2.05) is 78.9 Å². The summed E-state index contributed by atoms with van der Waals surface area (Å²) in [5, 5.41) is 0. The van der Waals surface area contributed by atoms with Gasteiger partial charge >= 0.3 is 5.97 Å². The lowest BCUT2D eigenvalue weighted by Gasteiger charge is -2.23. The van der Waals surface area contributed by atoms with E-state index in [-0.39, 0.29) is 25.5 Å². The van der Waals surface area contributed by atoms with Crippen LogP contribution in [0.1, 0.15) is 12.0 Å². The van der Waals surface area contributed by atoms with Crippen molar-refractivity contribution in [1.82, 2.24) is 0 Å². The second-order valence-corrected chi connectivity index (χ2v) is 6.37. The Balaban J connectivity index is 1.52. The van der Waals surface area contributed by atoms with Gasteiger partial charge in [0.15, 0.2) is 6.61 Å². The van der Waals surface area contributed by atoms with Crippen molar-refractivity contribution in [3.63, 3.8) is 0 Å². The molecule has 0 N–H and O–H groups in total. The molecule has 0 radical (unpaired) electrons. The molecular formula is C24H23NO4. The van der Waals surface area contributed by atoms with Crippen LogP contribution in [0.25, 0.3) is 0 Å². The van der Waals surface area contributed by atoms with Crippen LogP contribution in [0.3, 0.4) is 0 Å². The van der Waals surface area contributed by atoms with Crippen molar-refractivity contribution in [2.75, 3.05) is 18.1 Å². The standard InChI is InChI=1S/C24H23NO4/c26-23(16-17-28-24(27)19-29-22-14-8-3-9-15-22)25(21-12-6-2-7-13-21)18-20-10-4-1-5-11-20/h1-15H,16-19H2. The highest BCUT2D eigenvalue weighted by molar-refractivity contribution is 5.93. The van der Waals surface area contributed by atoms with E-state index >= 15 is 0 Å². The van der Waals surface area contributed by atoms with Gasteiger partial charge in [0.05, 0.1) is 13.0 Å². The normalized spacial score (nSPS) is 10.2. The Kier molecular flexibility index (Phi) is 7.41. The Bertz CT molecular complexity index is 898. The van der Waals surface area contributed by atoms with E-state index in [4.69, 9.17) is 9.47 Å². The van der Waals surface area contributed by atoms with Crippen LogP contribution in [0, 0.1) is 0 Å². The Hall–Kier alpha value is -3.60. The molecule has 0 saturated carbocycles. The number of nitrogens with zero attached hydrogens (tertiary/aromatic N) is 1. The predicted molar refractivity (Wildman–Crippen MR) is 112 cm³/mol. The Morgan fingerprint density at radius 2 is 1.34 bits per heavy atom. The summed E-state index contributed by atoms with van der Waals surface area (Å²) in [6.45, 7) is 0.271. The van der Waals surface area contributed by atoms with Crippen LogP contribution in [0.4, 0.5) is 5.69 Å². The van der Waals surface area contributed by atoms with Gasteiger partial charge < -0.3 is 14.4 Å². The minimum Gasteiger partial charge on any atom is -0.482 e. The fourth-order valence-electron chi connectivity index (χ4n) is 2.79. The van der Waals surface area contributed by atoms with Crippen molar-refractivity contribution < 1.29 is 19.1 Å². The third kappa shape index (κ3) is 6.50. The zero-order chi connectivity index (χ0) is 20.3. The van der Waals surface area contributed by atoms with E-state index in [9.17, 15) is 9.59 Å². The monoisotopic (exact) mass is 389 g/mol. The van der Waals surface area contributed by atoms with Gasteiger partial charge in [-0.2, -0.15) is 0 Å². The number of carbonyl (C=O) groups is 2. The molecule has 148 valence electrons. The first-order valence-corrected chi connectivity index (χ1v) is 9.45. The predicted octanol–water partition coefficient (Wildman–Crippen LogP) is 4.23. The number of esters is 1. The number of rotatable bonds is 9. The van der Waals surface area contributed by atoms with E-state index in [2.05, 4.69) is 0 Å². The van der Waals surface area contributed by atoms with Crippen molar-refractivity contribution in [2.45, 2.75) is 13.0 Å². The summed E-state index contributed by atoms with van der Waals surface area (Å²) in [6, 6.07) is 28.3. The average Bonchev–Trinajstić information content (AvgIpc) is 2.78. The minimum atomic E-state index is -0.504. The maximum absolute atomic E-state index is 12.8. The van der Waals surface area contributed by atoms with Crippen molar-refractivity contribution >= 4 is 17.6 Å². The lowest BCUT2D eigenvalue weighted by atomic mass is 10.2. The van der Waals surface area contributed by atoms with E-state index in [1.165, 1.54) is 0 Å². The largest absolute Gasteiger partial charge is 0.482 e. The van der Waals surface area contributed by atoms with Gasteiger partial charge in [-0.15, -0.1) is 0 Å². The Labute approximate surface area is 170 Å². The van der Waals surface area contributed by atoms with Crippen molar-refractivity contribution in [1.29, 1.82) is 0 Å². The summed E-state index contributed by atoms with van der Waals surface area (Å²) >= 11 is 0. The number of benzene rings is 3. The second kappa shape index (κ2) is 10.7. The number of hydrogen-bond donors (Lipinski definition) is 0. The van der Waals surface area contributed by atoms with Crippen molar-refractivity contribution in [3.05, 3.63) is 96.6 Å². The molecule has 0 heterocycles. The van der Waals surface area contributed by atoms with Crippen LogP contribution in [0.2, 0.25) is 0 Å². The molecule has 5 heteroatoms. The Morgan fingerprint density at radius 3 is 2.00 bits per heavy atom. The summed E-state index contributed by atoms with van der Waals surface area (Å²) in [4.78, 5) is 26.4. The van der Waals surface area contributed by atoms with Gasteiger partial charge in [-0.25, -0.2) is 4.79 Å². The molecule has 0 saturated heterocycles. The lowest BCUT2D eigenvalue weighted by molar-refractivity contribution is -0.146.